The molecule has 0 aliphatic carbocycles. The fraction of sp³-hybridized carbons (Fsp3) is 0.333. The van der Waals surface area contributed by atoms with Crippen LogP contribution in [-0.2, 0) is 9.53 Å². The summed E-state index contributed by atoms with van der Waals surface area (Å²) in [4.78, 5) is 26.3. The van der Waals surface area contributed by atoms with Crippen LogP contribution in [0.4, 0.5) is 11.5 Å². The van der Waals surface area contributed by atoms with Crippen LogP contribution in [0.3, 0.4) is 0 Å². The second-order valence-corrected chi connectivity index (χ2v) is 7.29. The van der Waals surface area contributed by atoms with Gasteiger partial charge in [-0.15, -0.1) is 0 Å². The normalized spacial score (nSPS) is 21.1. The Morgan fingerprint density at radius 1 is 1.21 bits per heavy atom. The standard InChI is InChI=1S/C21H21N5O3/c1-3-21-13-28-10-9-26(21)19-16(25(2)20(21)27)12-22-18(24-19)15-11-23-29-17(15)14-7-5-4-6-8-14/h4-8,11-12H,3,9-10,13H2,1-2H3/t21-/m0/s1. The average Bonchev–Trinajstić information content (AvgIpc) is 3.27. The van der Waals surface area contributed by atoms with E-state index in [-0.39, 0.29) is 5.91 Å². The summed E-state index contributed by atoms with van der Waals surface area (Å²) < 4.78 is 11.2. The largest absolute Gasteiger partial charge is 0.377 e. The number of anilines is 2. The smallest absolute Gasteiger partial charge is 0.255 e. The minimum atomic E-state index is -0.734. The topological polar surface area (TPSA) is 84.6 Å². The molecule has 0 radical (unpaired) electrons. The Hall–Kier alpha value is -3.26. The Bertz CT molecular complexity index is 1070. The van der Waals surface area contributed by atoms with Gasteiger partial charge in [0.1, 0.15) is 11.2 Å². The van der Waals surface area contributed by atoms with Gasteiger partial charge in [0.15, 0.2) is 17.4 Å². The minimum absolute atomic E-state index is 0.0125. The number of carbonyl (C=O) groups excluding carboxylic acids is 1. The highest BCUT2D eigenvalue weighted by Gasteiger charge is 2.52. The third kappa shape index (κ3) is 2.56. The second-order valence-electron chi connectivity index (χ2n) is 7.29. The average molecular weight is 391 g/mol. The van der Waals surface area contributed by atoms with Crippen LogP contribution in [0.5, 0.6) is 0 Å². The molecule has 1 saturated heterocycles. The molecule has 4 heterocycles. The fourth-order valence-electron chi connectivity index (χ4n) is 4.17. The molecule has 1 atom stereocenters. The van der Waals surface area contributed by atoms with Gasteiger partial charge in [0, 0.05) is 19.2 Å². The fourth-order valence-corrected chi connectivity index (χ4v) is 4.17. The molecule has 8 heteroatoms. The summed E-state index contributed by atoms with van der Waals surface area (Å²) in [5.41, 5.74) is 1.59. The van der Waals surface area contributed by atoms with E-state index in [4.69, 9.17) is 14.2 Å². The highest BCUT2D eigenvalue weighted by Crippen LogP contribution is 2.42. The van der Waals surface area contributed by atoms with Gasteiger partial charge in [-0.3, -0.25) is 4.79 Å². The van der Waals surface area contributed by atoms with Crippen molar-refractivity contribution < 1.29 is 14.1 Å². The van der Waals surface area contributed by atoms with Gasteiger partial charge < -0.3 is 19.1 Å². The van der Waals surface area contributed by atoms with Crippen LogP contribution in [0.2, 0.25) is 0 Å². The van der Waals surface area contributed by atoms with E-state index in [1.165, 1.54) is 0 Å². The van der Waals surface area contributed by atoms with Crippen molar-refractivity contribution in [2.45, 2.75) is 18.9 Å². The van der Waals surface area contributed by atoms with Crippen molar-refractivity contribution in [2.75, 3.05) is 36.6 Å². The zero-order chi connectivity index (χ0) is 20.0. The van der Waals surface area contributed by atoms with E-state index >= 15 is 0 Å². The maximum atomic E-state index is 13.2. The van der Waals surface area contributed by atoms with E-state index in [9.17, 15) is 4.79 Å². The summed E-state index contributed by atoms with van der Waals surface area (Å²) in [6.45, 7) is 3.52. The summed E-state index contributed by atoms with van der Waals surface area (Å²) in [6, 6.07) is 9.75. The number of ether oxygens (including phenoxy) is 1. The summed E-state index contributed by atoms with van der Waals surface area (Å²) in [7, 11) is 1.77. The van der Waals surface area contributed by atoms with Gasteiger partial charge >= 0.3 is 0 Å². The third-order valence-electron chi connectivity index (χ3n) is 5.82. The number of amides is 1. The number of nitrogens with zero attached hydrogens (tertiary/aromatic N) is 5. The molecular formula is C21H21N5O3. The Morgan fingerprint density at radius 2 is 2.03 bits per heavy atom. The Balaban J connectivity index is 1.65. The first-order valence-corrected chi connectivity index (χ1v) is 9.67. The summed E-state index contributed by atoms with van der Waals surface area (Å²) in [6.07, 6.45) is 3.97. The van der Waals surface area contributed by atoms with Crippen molar-refractivity contribution in [3.8, 4) is 22.7 Å². The van der Waals surface area contributed by atoms with Gasteiger partial charge in [-0.1, -0.05) is 42.4 Å². The maximum Gasteiger partial charge on any atom is 0.255 e. The monoisotopic (exact) mass is 391 g/mol. The van der Waals surface area contributed by atoms with Crippen LogP contribution in [0.15, 0.2) is 47.2 Å². The summed E-state index contributed by atoms with van der Waals surface area (Å²) in [5.74, 6) is 1.89. The van der Waals surface area contributed by atoms with Crippen molar-refractivity contribution in [1.82, 2.24) is 15.1 Å². The lowest BCUT2D eigenvalue weighted by Crippen LogP contribution is -2.68. The minimum Gasteiger partial charge on any atom is -0.377 e. The van der Waals surface area contributed by atoms with Gasteiger partial charge in [-0.05, 0) is 6.42 Å². The lowest BCUT2D eigenvalue weighted by molar-refractivity contribution is -0.128. The van der Waals surface area contributed by atoms with Crippen molar-refractivity contribution in [1.29, 1.82) is 0 Å². The Kier molecular flexibility index (Phi) is 4.09. The van der Waals surface area contributed by atoms with Crippen molar-refractivity contribution in [3.63, 3.8) is 0 Å². The number of benzene rings is 1. The third-order valence-corrected chi connectivity index (χ3v) is 5.82. The van der Waals surface area contributed by atoms with Gasteiger partial charge in [0.25, 0.3) is 5.91 Å². The number of fused-ring (bicyclic) bond motifs is 3. The molecule has 0 spiro atoms. The molecule has 0 saturated carbocycles. The molecule has 0 N–H and O–H groups in total. The van der Waals surface area contributed by atoms with E-state index in [0.29, 0.717) is 49.0 Å². The Morgan fingerprint density at radius 3 is 2.83 bits per heavy atom. The highest BCUT2D eigenvalue weighted by molar-refractivity contribution is 6.07. The molecule has 148 valence electrons. The molecule has 1 fully saturated rings. The molecule has 2 aliphatic rings. The van der Waals surface area contributed by atoms with Crippen LogP contribution in [0, 0.1) is 0 Å². The number of rotatable bonds is 3. The molecular weight excluding hydrogens is 370 g/mol. The predicted molar refractivity (Wildman–Crippen MR) is 108 cm³/mol. The lowest BCUT2D eigenvalue weighted by atomic mass is 9.89. The maximum absolute atomic E-state index is 13.2. The number of hydrogen-bond donors (Lipinski definition) is 0. The molecule has 2 aliphatic heterocycles. The summed E-state index contributed by atoms with van der Waals surface area (Å²) >= 11 is 0. The molecule has 1 amide bonds. The van der Waals surface area contributed by atoms with E-state index in [1.807, 2.05) is 37.3 Å². The molecule has 2 aromatic heterocycles. The first-order valence-electron chi connectivity index (χ1n) is 9.67. The first-order chi connectivity index (χ1) is 14.2. The molecule has 3 aromatic rings. The van der Waals surface area contributed by atoms with Crippen molar-refractivity contribution >= 4 is 17.4 Å². The van der Waals surface area contributed by atoms with Gasteiger partial charge in [-0.25, -0.2) is 9.97 Å². The predicted octanol–water partition coefficient (Wildman–Crippen LogP) is 2.76. The highest BCUT2D eigenvalue weighted by atomic mass is 16.5. The van der Waals surface area contributed by atoms with Crippen molar-refractivity contribution in [2.24, 2.45) is 0 Å². The number of likely N-dealkylation sites (N-methyl/N-ethyl adjacent to an activating group) is 1. The van der Waals surface area contributed by atoms with E-state index in [1.54, 1.807) is 24.3 Å². The molecule has 0 bridgehead atoms. The quantitative estimate of drug-likeness (QED) is 0.679. The molecule has 5 rings (SSSR count). The van der Waals surface area contributed by atoms with Crippen LogP contribution < -0.4 is 9.80 Å². The van der Waals surface area contributed by atoms with Crippen LogP contribution >= 0.6 is 0 Å². The van der Waals surface area contributed by atoms with Gasteiger partial charge in [0.2, 0.25) is 0 Å². The number of aromatic nitrogens is 3. The van der Waals surface area contributed by atoms with E-state index in [2.05, 4.69) is 15.0 Å². The second kappa shape index (κ2) is 6.66. The first kappa shape index (κ1) is 17.8. The number of morpholine rings is 1. The number of hydrogen-bond acceptors (Lipinski definition) is 7. The van der Waals surface area contributed by atoms with Gasteiger partial charge in [0.05, 0.1) is 31.2 Å². The zero-order valence-electron chi connectivity index (χ0n) is 16.3. The summed E-state index contributed by atoms with van der Waals surface area (Å²) in [5, 5.41) is 3.97. The zero-order valence-corrected chi connectivity index (χ0v) is 16.3. The van der Waals surface area contributed by atoms with Crippen LogP contribution in [0.1, 0.15) is 13.3 Å². The van der Waals surface area contributed by atoms with E-state index < -0.39 is 5.54 Å². The molecule has 1 aromatic carbocycles. The molecule has 29 heavy (non-hydrogen) atoms. The lowest BCUT2D eigenvalue weighted by Gasteiger charge is -2.51. The van der Waals surface area contributed by atoms with Crippen molar-refractivity contribution in [3.05, 3.63) is 42.7 Å². The van der Waals surface area contributed by atoms with Crippen LogP contribution in [0.25, 0.3) is 22.7 Å². The molecule has 0 unspecified atom stereocenters. The number of carbonyl (C=O) groups is 1. The Labute approximate surface area is 168 Å². The SMILES string of the molecule is CC[C@@]12COCCN1c1nc(-c3cnoc3-c3ccccc3)ncc1N(C)C2=O. The molecule has 8 nitrogen and oxygen atoms in total. The van der Waals surface area contributed by atoms with E-state index in [0.717, 1.165) is 11.4 Å². The van der Waals surface area contributed by atoms with Crippen LogP contribution in [-0.4, -0.2) is 53.4 Å². The van der Waals surface area contributed by atoms with Gasteiger partial charge in [-0.2, -0.15) is 0 Å².